The van der Waals surface area contributed by atoms with Gasteiger partial charge in [0, 0.05) is 6.42 Å². The molecule has 1 aliphatic heterocycles. The Balaban J connectivity index is 1.89. The molecule has 0 aromatic carbocycles. The Morgan fingerprint density at radius 1 is 1.17 bits per heavy atom. The van der Waals surface area contributed by atoms with Crippen molar-refractivity contribution in [3.8, 4) is 0 Å². The van der Waals surface area contributed by atoms with Gasteiger partial charge in [0.15, 0.2) is 17.7 Å². The second kappa shape index (κ2) is 11.6. The molecule has 2 amide bonds. The number of carbonyl (C=O) groups excluding carboxylic acids is 2. The van der Waals surface area contributed by atoms with E-state index in [1.54, 1.807) is 4.57 Å². The van der Waals surface area contributed by atoms with Crippen molar-refractivity contribution in [2.75, 3.05) is 36.7 Å². The van der Waals surface area contributed by atoms with E-state index < -0.39 is 61.6 Å². The molecular weight excluding hydrogens is 484 g/mol. The van der Waals surface area contributed by atoms with E-state index in [2.05, 4.69) is 15.0 Å². The van der Waals surface area contributed by atoms with Crippen molar-refractivity contribution in [3.63, 3.8) is 0 Å². The maximum atomic E-state index is 11.5. The van der Waals surface area contributed by atoms with Crippen LogP contribution in [0.3, 0.4) is 0 Å². The van der Waals surface area contributed by atoms with Crippen LogP contribution in [0.2, 0.25) is 0 Å². The molecule has 0 saturated carbocycles. The number of anilines is 1. The van der Waals surface area contributed by atoms with Crippen LogP contribution in [-0.4, -0.2) is 97.7 Å². The normalized spacial score (nSPS) is 23.8. The van der Waals surface area contributed by atoms with Gasteiger partial charge in [-0.15, -0.1) is 0 Å². The average molecular weight is 514 g/mol. The Morgan fingerprint density at radius 2 is 1.83 bits per heavy atom. The van der Waals surface area contributed by atoms with Crippen LogP contribution in [0.25, 0.3) is 11.2 Å². The Hall–Kier alpha value is -3.05. The number of carboxylic acids is 1. The zero-order chi connectivity index (χ0) is 25.7. The predicted molar refractivity (Wildman–Crippen MR) is 125 cm³/mol. The topological polar surface area (TPSA) is 247 Å². The molecule has 1 fully saturated rings. The van der Waals surface area contributed by atoms with Crippen LogP contribution in [0.4, 0.5) is 5.82 Å². The van der Waals surface area contributed by atoms with Gasteiger partial charge >= 0.3 is 5.97 Å². The van der Waals surface area contributed by atoms with Gasteiger partial charge in [-0.05, 0) is 10.9 Å². The fourth-order valence-electron chi connectivity index (χ4n) is 3.67. The van der Waals surface area contributed by atoms with E-state index in [0.717, 1.165) is 0 Å². The number of ether oxygens (including phenoxy) is 3. The summed E-state index contributed by atoms with van der Waals surface area (Å²) in [4.78, 5) is 46.4. The first kappa shape index (κ1) is 26.6. The highest BCUT2D eigenvalue weighted by atomic mass is 32.2. The van der Waals surface area contributed by atoms with Crippen LogP contribution in [0.5, 0.6) is 0 Å². The van der Waals surface area contributed by atoms with Gasteiger partial charge in [0.05, 0.1) is 12.6 Å². The molecule has 3 heterocycles. The Kier molecular flexibility index (Phi) is 8.79. The number of nitrogens with zero attached hydrogens (tertiary/aromatic N) is 4. The predicted octanol–water partition coefficient (Wildman–Crippen LogP) is -2.90. The third kappa shape index (κ3) is 6.55. The lowest BCUT2D eigenvalue weighted by atomic mass is 10.1. The molecule has 0 bridgehead atoms. The minimum atomic E-state index is -1.07. The molecule has 9 N–H and O–H groups in total. The van der Waals surface area contributed by atoms with Crippen molar-refractivity contribution < 1.29 is 33.7 Å². The number of amides is 2. The third-order valence-corrected chi connectivity index (χ3v) is 7.16. The molecule has 3 rings (SSSR count). The van der Waals surface area contributed by atoms with E-state index in [1.165, 1.54) is 12.7 Å². The fraction of sp³-hybridized carbons (Fsp3) is 0.579. The molecule has 1 saturated heterocycles. The molecule has 192 valence electrons. The number of aliphatic carboxylic acids is 1. The maximum Gasteiger partial charge on any atom is 0.320 e. The smallest absolute Gasteiger partial charge is 0.320 e. The summed E-state index contributed by atoms with van der Waals surface area (Å²) in [7, 11) is -0.334. The number of nitrogens with two attached hydrogens (primary N) is 4. The standard InChI is InChI=1S/C19H28N8O7S/c1-35(3-2-9(20)19(30)31)6-10-14(32-4-11(21)28)15(33-5-12(22)29)18(34-10)27-8-26-13-16(23)24-7-25-17(13)27/h7-10,14-15,18H,2-6,20H2,1H3,(H6-,21,22,23,24,25,28,29,30,31)/p+1/t9-,10+,14+,15+,18+,35?/m0/s1. The molecule has 16 heteroatoms. The number of nitrogen functional groups attached to an aromatic ring is 1. The Morgan fingerprint density at radius 3 is 2.46 bits per heavy atom. The van der Waals surface area contributed by atoms with Gasteiger partial charge in [0.25, 0.3) is 0 Å². The second-order valence-corrected chi connectivity index (χ2v) is 10.3. The van der Waals surface area contributed by atoms with E-state index >= 15 is 0 Å². The summed E-state index contributed by atoms with van der Waals surface area (Å²) in [6.45, 7) is -0.836. The van der Waals surface area contributed by atoms with E-state index in [-0.39, 0.29) is 23.1 Å². The van der Waals surface area contributed by atoms with E-state index in [9.17, 15) is 14.4 Å². The summed E-state index contributed by atoms with van der Waals surface area (Å²) in [5, 5.41) is 9.04. The molecule has 6 atom stereocenters. The van der Waals surface area contributed by atoms with Crippen molar-refractivity contribution >= 4 is 45.7 Å². The van der Waals surface area contributed by atoms with Crippen LogP contribution >= 0.6 is 0 Å². The number of hydrogen-bond donors (Lipinski definition) is 5. The number of rotatable bonds is 13. The number of fused-ring (bicyclic) bond motifs is 1. The summed E-state index contributed by atoms with van der Waals surface area (Å²) in [6, 6.07) is -0.974. The highest BCUT2D eigenvalue weighted by Gasteiger charge is 2.50. The summed E-state index contributed by atoms with van der Waals surface area (Å²) < 4.78 is 19.4. The largest absolute Gasteiger partial charge is 0.480 e. The monoisotopic (exact) mass is 513 g/mol. The fourth-order valence-corrected chi connectivity index (χ4v) is 5.33. The molecule has 2 aromatic heterocycles. The van der Waals surface area contributed by atoms with Crippen molar-refractivity contribution in [1.82, 2.24) is 19.5 Å². The van der Waals surface area contributed by atoms with Crippen molar-refractivity contribution in [3.05, 3.63) is 12.7 Å². The van der Waals surface area contributed by atoms with Gasteiger partial charge in [-0.25, -0.2) is 15.0 Å². The lowest BCUT2D eigenvalue weighted by Gasteiger charge is -2.24. The van der Waals surface area contributed by atoms with Crippen molar-refractivity contribution in [2.45, 2.75) is 37.0 Å². The number of aromatic nitrogens is 4. The van der Waals surface area contributed by atoms with Crippen LogP contribution in [0, 0.1) is 0 Å². The van der Waals surface area contributed by atoms with E-state index in [4.69, 9.17) is 42.3 Å². The molecule has 2 aromatic rings. The summed E-state index contributed by atoms with van der Waals surface area (Å²) in [5.74, 6) is -1.34. The van der Waals surface area contributed by atoms with Crippen LogP contribution in [0.15, 0.2) is 12.7 Å². The Labute approximate surface area is 202 Å². The first-order valence-electron chi connectivity index (χ1n) is 10.5. The van der Waals surface area contributed by atoms with Crippen molar-refractivity contribution in [1.29, 1.82) is 0 Å². The minimum Gasteiger partial charge on any atom is -0.480 e. The highest BCUT2D eigenvalue weighted by molar-refractivity contribution is 7.96. The van der Waals surface area contributed by atoms with Gasteiger partial charge in [-0.1, -0.05) is 0 Å². The van der Waals surface area contributed by atoms with Gasteiger partial charge in [-0.2, -0.15) is 0 Å². The number of imidazole rings is 1. The van der Waals surface area contributed by atoms with Crippen molar-refractivity contribution in [2.24, 2.45) is 17.2 Å². The van der Waals surface area contributed by atoms with Gasteiger partial charge in [-0.3, -0.25) is 19.0 Å². The quantitative estimate of drug-likeness (QED) is 0.169. The number of primary amides is 2. The third-order valence-electron chi connectivity index (χ3n) is 5.33. The van der Waals surface area contributed by atoms with Gasteiger partial charge < -0.3 is 42.3 Å². The molecule has 1 aliphatic rings. The SMILES string of the molecule is C[S+](CC[C@H](N)C(=O)O)C[C@H]1O[C@@H](n2cnc3c(N)ncnc32)[C@H](OCC(N)=O)[C@@H]1OCC(N)=O. The van der Waals surface area contributed by atoms with E-state index in [1.807, 2.05) is 6.26 Å². The molecule has 35 heavy (non-hydrogen) atoms. The molecule has 1 unspecified atom stereocenters. The van der Waals surface area contributed by atoms with Gasteiger partial charge in [0.1, 0.15) is 60.9 Å². The molecule has 15 nitrogen and oxygen atoms in total. The second-order valence-electron chi connectivity index (χ2n) is 8.02. The van der Waals surface area contributed by atoms with Crippen LogP contribution in [0.1, 0.15) is 12.6 Å². The minimum absolute atomic E-state index is 0.171. The molecular formula is C19H29N8O7S+. The maximum absolute atomic E-state index is 11.5. The molecule has 0 aliphatic carbocycles. The highest BCUT2D eigenvalue weighted by Crippen LogP contribution is 2.36. The lowest BCUT2D eigenvalue weighted by molar-refractivity contribution is -0.138. The summed E-state index contributed by atoms with van der Waals surface area (Å²) in [5.41, 5.74) is 22.8. The van der Waals surface area contributed by atoms with Gasteiger partial charge in [0.2, 0.25) is 11.8 Å². The number of hydrogen-bond acceptors (Lipinski definition) is 11. The van der Waals surface area contributed by atoms with E-state index in [0.29, 0.717) is 22.7 Å². The average Bonchev–Trinajstić information content (AvgIpc) is 3.36. The summed E-state index contributed by atoms with van der Waals surface area (Å²) >= 11 is 0. The number of carbonyl (C=O) groups is 3. The van der Waals surface area contributed by atoms with Crippen LogP contribution < -0.4 is 22.9 Å². The first-order chi connectivity index (χ1) is 16.6. The van der Waals surface area contributed by atoms with Crippen LogP contribution in [-0.2, 0) is 39.5 Å². The zero-order valence-electron chi connectivity index (χ0n) is 19.0. The lowest BCUT2D eigenvalue weighted by Crippen LogP contribution is -2.42. The first-order valence-corrected chi connectivity index (χ1v) is 12.5. The molecule has 0 spiro atoms. The Bertz CT molecular complexity index is 1070. The number of carboxylic acid groups (broad SMARTS) is 1. The molecule has 0 radical (unpaired) electrons. The summed E-state index contributed by atoms with van der Waals surface area (Å²) in [6.07, 6.45) is 1.77. The zero-order valence-corrected chi connectivity index (χ0v) is 19.8.